The summed E-state index contributed by atoms with van der Waals surface area (Å²) in [7, 11) is 0. The quantitative estimate of drug-likeness (QED) is 0.667. The molecule has 1 unspecified atom stereocenters. The number of hydrogen-bond acceptors (Lipinski definition) is 2. The molecule has 0 fully saturated rings. The summed E-state index contributed by atoms with van der Waals surface area (Å²) < 4.78 is 5.06. The van der Waals surface area contributed by atoms with Crippen LogP contribution in [0.1, 0.15) is 24.2 Å². The minimum absolute atomic E-state index is 0.189. The number of hydrogen-bond donors (Lipinski definition) is 1. The van der Waals surface area contributed by atoms with E-state index in [4.69, 9.17) is 5.73 Å². The molecule has 1 atom stereocenters. The van der Waals surface area contributed by atoms with Gasteiger partial charge in [0.15, 0.2) is 0 Å². The number of nitrogens with two attached hydrogens (primary N) is 1. The molecule has 18 heavy (non-hydrogen) atoms. The summed E-state index contributed by atoms with van der Waals surface area (Å²) in [6, 6.07) is 5.95. The zero-order valence-electron chi connectivity index (χ0n) is 9.70. The standard InChI is InChI=1S/C12H12Br2IN3/c1-2-18-12(9(14)6-17-18)11(16)8-5-7(13)3-4-10(8)15/h3-6,11H,2,16H2,1H3. The Labute approximate surface area is 137 Å². The zero-order valence-corrected chi connectivity index (χ0v) is 15.0. The molecule has 2 rings (SSSR count). The molecule has 2 N–H and O–H groups in total. The van der Waals surface area contributed by atoms with Gasteiger partial charge in [-0.1, -0.05) is 15.9 Å². The van der Waals surface area contributed by atoms with E-state index in [1.165, 1.54) is 0 Å². The fourth-order valence-corrected chi connectivity index (χ4v) is 3.43. The predicted molar refractivity (Wildman–Crippen MR) is 88.5 cm³/mol. The SMILES string of the molecule is CCn1ncc(Br)c1C(N)c1cc(Br)ccc1I. The van der Waals surface area contributed by atoms with Crippen molar-refractivity contribution in [2.45, 2.75) is 19.5 Å². The number of nitrogens with zero attached hydrogens (tertiary/aromatic N) is 2. The molecule has 0 spiro atoms. The Morgan fingerprint density at radius 3 is 2.83 bits per heavy atom. The van der Waals surface area contributed by atoms with E-state index in [-0.39, 0.29) is 6.04 Å². The fraction of sp³-hybridized carbons (Fsp3) is 0.250. The molecule has 0 radical (unpaired) electrons. The third-order valence-electron chi connectivity index (χ3n) is 2.72. The van der Waals surface area contributed by atoms with Crippen LogP contribution in [0.25, 0.3) is 0 Å². The number of aromatic nitrogens is 2. The molecule has 1 heterocycles. The van der Waals surface area contributed by atoms with Gasteiger partial charge in [-0.05, 0) is 69.2 Å². The average Bonchev–Trinajstić information content (AvgIpc) is 2.72. The smallest absolute Gasteiger partial charge is 0.0745 e. The van der Waals surface area contributed by atoms with Crippen LogP contribution >= 0.6 is 54.5 Å². The topological polar surface area (TPSA) is 43.8 Å². The van der Waals surface area contributed by atoms with Gasteiger partial charge in [-0.2, -0.15) is 5.10 Å². The first-order valence-electron chi connectivity index (χ1n) is 5.46. The van der Waals surface area contributed by atoms with Crippen molar-refractivity contribution in [2.75, 3.05) is 0 Å². The fourth-order valence-electron chi connectivity index (χ4n) is 1.83. The summed E-state index contributed by atoms with van der Waals surface area (Å²) in [5, 5.41) is 4.31. The second-order valence-electron chi connectivity index (χ2n) is 3.84. The Morgan fingerprint density at radius 2 is 2.17 bits per heavy atom. The van der Waals surface area contributed by atoms with Crippen LogP contribution < -0.4 is 5.73 Å². The van der Waals surface area contributed by atoms with Crippen molar-refractivity contribution >= 4 is 54.5 Å². The minimum Gasteiger partial charge on any atom is -0.319 e. The van der Waals surface area contributed by atoms with Crippen molar-refractivity contribution in [1.82, 2.24) is 9.78 Å². The summed E-state index contributed by atoms with van der Waals surface area (Å²) in [6.07, 6.45) is 1.80. The van der Waals surface area contributed by atoms with E-state index in [0.29, 0.717) is 0 Å². The van der Waals surface area contributed by atoms with Crippen LogP contribution in [-0.4, -0.2) is 9.78 Å². The lowest BCUT2D eigenvalue weighted by Crippen LogP contribution is -2.18. The molecule has 0 bridgehead atoms. The molecule has 0 aliphatic carbocycles. The van der Waals surface area contributed by atoms with Crippen molar-refractivity contribution in [3.63, 3.8) is 0 Å². The van der Waals surface area contributed by atoms with Crippen LogP contribution in [-0.2, 0) is 6.54 Å². The molecular formula is C12H12Br2IN3. The maximum absolute atomic E-state index is 6.39. The molecule has 0 saturated carbocycles. The lowest BCUT2D eigenvalue weighted by atomic mass is 10.0. The van der Waals surface area contributed by atoms with Crippen molar-refractivity contribution in [3.8, 4) is 0 Å². The Kier molecular flexibility index (Phi) is 4.85. The van der Waals surface area contributed by atoms with Crippen molar-refractivity contribution in [3.05, 3.63) is 48.2 Å². The van der Waals surface area contributed by atoms with E-state index in [2.05, 4.69) is 78.6 Å². The van der Waals surface area contributed by atoms with E-state index in [1.807, 2.05) is 10.7 Å². The Bertz CT molecular complexity index is 568. The lowest BCUT2D eigenvalue weighted by molar-refractivity contribution is 0.599. The van der Waals surface area contributed by atoms with Gasteiger partial charge in [0.1, 0.15) is 0 Å². The first-order valence-corrected chi connectivity index (χ1v) is 8.12. The third kappa shape index (κ3) is 2.81. The van der Waals surface area contributed by atoms with E-state index in [9.17, 15) is 0 Å². The predicted octanol–water partition coefficient (Wildman–Crippen LogP) is 4.08. The molecule has 96 valence electrons. The van der Waals surface area contributed by atoms with Crippen LogP contribution in [0.15, 0.2) is 33.3 Å². The molecule has 0 amide bonds. The van der Waals surface area contributed by atoms with Crippen LogP contribution in [0.2, 0.25) is 0 Å². The molecule has 2 aromatic rings. The molecule has 6 heteroatoms. The number of rotatable bonds is 3. The molecule has 3 nitrogen and oxygen atoms in total. The van der Waals surface area contributed by atoms with Crippen molar-refractivity contribution in [1.29, 1.82) is 0 Å². The first kappa shape index (κ1) is 14.5. The summed E-state index contributed by atoms with van der Waals surface area (Å²) in [5.74, 6) is 0. The second kappa shape index (κ2) is 6.02. The normalized spacial score (nSPS) is 12.7. The maximum atomic E-state index is 6.39. The van der Waals surface area contributed by atoms with Crippen LogP contribution in [0.4, 0.5) is 0 Å². The number of halogens is 3. The van der Waals surface area contributed by atoms with Gasteiger partial charge in [-0.25, -0.2) is 0 Å². The average molecular weight is 485 g/mol. The van der Waals surface area contributed by atoms with E-state index >= 15 is 0 Å². The van der Waals surface area contributed by atoms with E-state index < -0.39 is 0 Å². The summed E-state index contributed by atoms with van der Waals surface area (Å²) in [5.41, 5.74) is 8.50. The van der Waals surface area contributed by atoms with Gasteiger partial charge >= 0.3 is 0 Å². The molecule has 0 saturated heterocycles. The van der Waals surface area contributed by atoms with E-state index in [0.717, 1.165) is 30.3 Å². The Morgan fingerprint density at radius 1 is 1.44 bits per heavy atom. The summed E-state index contributed by atoms with van der Waals surface area (Å²) >= 11 is 9.32. The Balaban J connectivity index is 2.50. The highest BCUT2D eigenvalue weighted by Gasteiger charge is 2.19. The van der Waals surface area contributed by atoms with Crippen LogP contribution in [0.3, 0.4) is 0 Å². The van der Waals surface area contributed by atoms with E-state index in [1.54, 1.807) is 6.20 Å². The van der Waals surface area contributed by atoms with Crippen LogP contribution in [0.5, 0.6) is 0 Å². The van der Waals surface area contributed by atoms with Crippen molar-refractivity contribution in [2.24, 2.45) is 5.73 Å². The highest BCUT2D eigenvalue weighted by Crippen LogP contribution is 2.31. The number of benzene rings is 1. The van der Waals surface area contributed by atoms with Gasteiger partial charge in [-0.15, -0.1) is 0 Å². The lowest BCUT2D eigenvalue weighted by Gasteiger charge is -2.16. The highest BCUT2D eigenvalue weighted by molar-refractivity contribution is 14.1. The minimum atomic E-state index is -0.189. The van der Waals surface area contributed by atoms with Crippen molar-refractivity contribution < 1.29 is 0 Å². The van der Waals surface area contributed by atoms with Gasteiger partial charge < -0.3 is 5.73 Å². The largest absolute Gasteiger partial charge is 0.319 e. The monoisotopic (exact) mass is 483 g/mol. The maximum Gasteiger partial charge on any atom is 0.0745 e. The van der Waals surface area contributed by atoms with Crippen LogP contribution in [0, 0.1) is 3.57 Å². The third-order valence-corrected chi connectivity index (χ3v) is 4.81. The summed E-state index contributed by atoms with van der Waals surface area (Å²) in [4.78, 5) is 0. The highest BCUT2D eigenvalue weighted by atomic mass is 127. The molecular weight excluding hydrogens is 473 g/mol. The van der Waals surface area contributed by atoms with Gasteiger partial charge in [0.25, 0.3) is 0 Å². The zero-order chi connectivity index (χ0) is 13.3. The number of aryl methyl sites for hydroxylation is 1. The van der Waals surface area contributed by atoms with Gasteiger partial charge in [-0.3, -0.25) is 4.68 Å². The molecule has 1 aromatic carbocycles. The van der Waals surface area contributed by atoms with Gasteiger partial charge in [0.05, 0.1) is 22.4 Å². The Hall–Kier alpha value is 0.0800. The molecule has 1 aromatic heterocycles. The first-order chi connectivity index (χ1) is 8.54. The van der Waals surface area contributed by atoms with Gasteiger partial charge in [0.2, 0.25) is 0 Å². The molecule has 0 aliphatic heterocycles. The van der Waals surface area contributed by atoms with Gasteiger partial charge in [0, 0.05) is 14.6 Å². The summed E-state index contributed by atoms with van der Waals surface area (Å²) in [6.45, 7) is 2.86. The second-order valence-corrected chi connectivity index (χ2v) is 6.77. The molecule has 0 aliphatic rings.